The molecule has 7 heteroatoms. The quantitative estimate of drug-likeness (QED) is 0.568. The van der Waals surface area contributed by atoms with Gasteiger partial charge >= 0.3 is 0 Å². The summed E-state index contributed by atoms with van der Waals surface area (Å²) in [4.78, 5) is 2.37. The van der Waals surface area contributed by atoms with Crippen LogP contribution in [0.1, 0.15) is 24.0 Å². The summed E-state index contributed by atoms with van der Waals surface area (Å²) in [6.07, 6.45) is 3.28. The van der Waals surface area contributed by atoms with Crippen LogP contribution in [0, 0.1) is 10.6 Å². The highest BCUT2D eigenvalue weighted by molar-refractivity contribution is 7.71. The van der Waals surface area contributed by atoms with E-state index in [1.807, 2.05) is 4.68 Å². The number of benzene rings is 2. The number of fused-ring (bicyclic) bond motifs is 1. The molecular formula is C23H25FN4OS. The Morgan fingerprint density at radius 3 is 2.67 bits per heavy atom. The number of hydrogen-bond acceptors (Lipinski definition) is 4. The SMILES string of the molecule is Fc1ccc(-c2nn(CN3CCc4ccccc4C3)c(=S)n2CC2CCCO2)cc1. The van der Waals surface area contributed by atoms with Crippen LogP contribution >= 0.6 is 12.2 Å². The van der Waals surface area contributed by atoms with Crippen molar-refractivity contribution in [2.24, 2.45) is 0 Å². The third-order valence-corrected chi connectivity index (χ3v) is 6.41. The average molecular weight is 425 g/mol. The van der Waals surface area contributed by atoms with Crippen LogP contribution in [-0.2, 0) is 30.9 Å². The summed E-state index contributed by atoms with van der Waals surface area (Å²) in [5, 5.41) is 4.86. The van der Waals surface area contributed by atoms with Gasteiger partial charge in [0.1, 0.15) is 5.82 Å². The maximum atomic E-state index is 13.5. The molecule has 1 atom stereocenters. The molecule has 2 aromatic carbocycles. The van der Waals surface area contributed by atoms with Gasteiger partial charge in [0.05, 0.1) is 19.3 Å². The highest BCUT2D eigenvalue weighted by Gasteiger charge is 2.22. The molecule has 0 N–H and O–H groups in total. The van der Waals surface area contributed by atoms with Gasteiger partial charge in [-0.2, -0.15) is 5.10 Å². The van der Waals surface area contributed by atoms with Crippen LogP contribution in [0.3, 0.4) is 0 Å². The number of halogens is 1. The lowest BCUT2D eigenvalue weighted by Crippen LogP contribution is -2.32. The monoisotopic (exact) mass is 424 g/mol. The number of ether oxygens (including phenoxy) is 1. The third kappa shape index (κ3) is 3.97. The van der Waals surface area contributed by atoms with Crippen molar-refractivity contribution >= 4 is 12.2 Å². The van der Waals surface area contributed by atoms with Gasteiger partial charge in [0.15, 0.2) is 10.6 Å². The Morgan fingerprint density at radius 2 is 1.90 bits per heavy atom. The fraction of sp³-hybridized carbons (Fsp3) is 0.391. The lowest BCUT2D eigenvalue weighted by Gasteiger charge is -2.28. The molecule has 5 rings (SSSR count). The van der Waals surface area contributed by atoms with Gasteiger partial charge in [-0.05, 0) is 66.9 Å². The molecule has 1 fully saturated rings. The smallest absolute Gasteiger partial charge is 0.199 e. The summed E-state index contributed by atoms with van der Waals surface area (Å²) >= 11 is 5.83. The Hall–Kier alpha value is -2.35. The maximum Gasteiger partial charge on any atom is 0.199 e. The van der Waals surface area contributed by atoms with Gasteiger partial charge in [0, 0.05) is 25.3 Å². The minimum absolute atomic E-state index is 0.149. The molecule has 0 saturated carbocycles. The fourth-order valence-corrected chi connectivity index (χ4v) is 4.63. The maximum absolute atomic E-state index is 13.5. The van der Waals surface area contributed by atoms with Gasteiger partial charge in [-0.1, -0.05) is 24.3 Å². The molecule has 30 heavy (non-hydrogen) atoms. The number of hydrogen-bond donors (Lipinski definition) is 0. The first-order valence-corrected chi connectivity index (χ1v) is 10.9. The molecule has 0 spiro atoms. The normalized spacial score (nSPS) is 19.2. The van der Waals surface area contributed by atoms with Gasteiger partial charge in [0.25, 0.3) is 0 Å². The van der Waals surface area contributed by atoms with Crippen LogP contribution in [0.2, 0.25) is 0 Å². The van der Waals surface area contributed by atoms with Gasteiger partial charge in [-0.15, -0.1) is 0 Å². The molecule has 3 aromatic rings. The summed E-state index contributed by atoms with van der Waals surface area (Å²) in [5.41, 5.74) is 3.66. The van der Waals surface area contributed by atoms with Crippen molar-refractivity contribution in [2.75, 3.05) is 13.2 Å². The van der Waals surface area contributed by atoms with Crippen LogP contribution in [0.15, 0.2) is 48.5 Å². The van der Waals surface area contributed by atoms with Gasteiger partial charge in [0.2, 0.25) is 0 Å². The van der Waals surface area contributed by atoms with Crippen molar-refractivity contribution in [1.82, 2.24) is 19.2 Å². The highest BCUT2D eigenvalue weighted by atomic mass is 32.1. The van der Waals surface area contributed by atoms with Crippen molar-refractivity contribution in [1.29, 1.82) is 0 Å². The van der Waals surface area contributed by atoms with Crippen molar-refractivity contribution in [3.8, 4) is 11.4 Å². The molecule has 0 amide bonds. The molecule has 156 valence electrons. The summed E-state index contributed by atoms with van der Waals surface area (Å²) in [6, 6.07) is 15.1. The zero-order chi connectivity index (χ0) is 20.5. The predicted octanol–water partition coefficient (Wildman–Crippen LogP) is 4.41. The Bertz CT molecular complexity index is 1090. The van der Waals surface area contributed by atoms with Gasteiger partial charge < -0.3 is 4.74 Å². The van der Waals surface area contributed by atoms with Crippen molar-refractivity contribution < 1.29 is 9.13 Å². The molecule has 0 aliphatic carbocycles. The Morgan fingerprint density at radius 1 is 1.10 bits per heavy atom. The molecule has 2 aliphatic rings. The van der Waals surface area contributed by atoms with Gasteiger partial charge in [-0.3, -0.25) is 9.47 Å². The second-order valence-corrected chi connectivity index (χ2v) is 8.44. The van der Waals surface area contributed by atoms with E-state index in [4.69, 9.17) is 22.1 Å². The summed E-state index contributed by atoms with van der Waals surface area (Å²) < 4.78 is 23.9. The Labute approximate surface area is 180 Å². The van der Waals surface area contributed by atoms with E-state index in [0.29, 0.717) is 18.0 Å². The van der Waals surface area contributed by atoms with E-state index < -0.39 is 0 Å². The Balaban J connectivity index is 1.45. The standard InChI is InChI=1S/C23H25FN4OS/c24-20-9-7-18(8-10-20)22-25-28(23(30)27(22)15-21-6-3-13-29-21)16-26-12-11-17-4-1-2-5-19(17)14-26/h1-2,4-5,7-10,21H,3,6,11-16H2. The van der Waals surface area contributed by atoms with E-state index in [1.54, 1.807) is 12.1 Å². The predicted molar refractivity (Wildman–Crippen MR) is 116 cm³/mol. The first-order valence-electron chi connectivity index (χ1n) is 10.5. The molecule has 0 bridgehead atoms. The van der Waals surface area contributed by atoms with Crippen LogP contribution < -0.4 is 0 Å². The van der Waals surface area contributed by atoms with Crippen LogP contribution in [0.4, 0.5) is 4.39 Å². The number of nitrogens with zero attached hydrogens (tertiary/aromatic N) is 4. The van der Waals surface area contributed by atoms with E-state index in [2.05, 4.69) is 33.7 Å². The van der Waals surface area contributed by atoms with Crippen molar-refractivity contribution in [3.63, 3.8) is 0 Å². The topological polar surface area (TPSA) is 35.2 Å². The summed E-state index contributed by atoms with van der Waals surface area (Å²) in [7, 11) is 0. The minimum Gasteiger partial charge on any atom is -0.376 e. The molecular weight excluding hydrogens is 399 g/mol. The van der Waals surface area contributed by atoms with Crippen molar-refractivity contribution in [2.45, 2.75) is 45.1 Å². The molecule has 5 nitrogen and oxygen atoms in total. The highest BCUT2D eigenvalue weighted by Crippen LogP contribution is 2.24. The third-order valence-electron chi connectivity index (χ3n) is 5.98. The van der Waals surface area contributed by atoms with E-state index in [0.717, 1.165) is 50.3 Å². The number of aromatic nitrogens is 3. The van der Waals surface area contributed by atoms with E-state index in [-0.39, 0.29) is 11.9 Å². The first-order chi connectivity index (χ1) is 14.7. The second kappa shape index (κ2) is 8.41. The molecule has 0 radical (unpaired) electrons. The lowest BCUT2D eigenvalue weighted by molar-refractivity contribution is 0.0966. The Kier molecular flexibility index (Phi) is 5.50. The van der Waals surface area contributed by atoms with Crippen LogP contribution in [0.25, 0.3) is 11.4 Å². The number of rotatable bonds is 5. The molecule has 1 aromatic heterocycles. The molecule has 3 heterocycles. The minimum atomic E-state index is -0.255. The molecule has 2 aliphatic heterocycles. The largest absolute Gasteiger partial charge is 0.376 e. The molecule has 1 saturated heterocycles. The lowest BCUT2D eigenvalue weighted by atomic mass is 10.0. The fourth-order valence-electron chi connectivity index (χ4n) is 4.37. The first kappa shape index (κ1) is 19.6. The summed E-state index contributed by atoms with van der Waals surface area (Å²) in [5.74, 6) is 0.516. The zero-order valence-corrected chi connectivity index (χ0v) is 17.7. The zero-order valence-electron chi connectivity index (χ0n) is 16.8. The molecule has 1 unspecified atom stereocenters. The van der Waals surface area contributed by atoms with E-state index in [1.165, 1.54) is 23.3 Å². The van der Waals surface area contributed by atoms with Crippen molar-refractivity contribution in [3.05, 3.63) is 70.2 Å². The second-order valence-electron chi connectivity index (χ2n) is 8.07. The van der Waals surface area contributed by atoms with Gasteiger partial charge in [-0.25, -0.2) is 9.07 Å². The average Bonchev–Trinajstić information content (AvgIpc) is 3.38. The van der Waals surface area contributed by atoms with Crippen LogP contribution in [-0.4, -0.2) is 38.5 Å². The van der Waals surface area contributed by atoms with Crippen LogP contribution in [0.5, 0.6) is 0 Å². The summed E-state index contributed by atoms with van der Waals surface area (Å²) in [6.45, 7) is 3.98. The van der Waals surface area contributed by atoms with E-state index in [9.17, 15) is 4.39 Å². The van der Waals surface area contributed by atoms with E-state index >= 15 is 0 Å².